The topological polar surface area (TPSA) is 12.5 Å². The minimum atomic E-state index is 0.516. The van der Waals surface area contributed by atoms with E-state index in [0.29, 0.717) is 5.41 Å². The minimum Gasteiger partial charge on any atom is -0.380 e. The molecule has 0 aromatic carbocycles. The van der Waals surface area contributed by atoms with Gasteiger partial charge in [-0.15, -0.1) is 0 Å². The molecule has 0 N–H and O–H groups in total. The van der Waals surface area contributed by atoms with E-state index in [0.717, 1.165) is 31.0 Å². The van der Waals surface area contributed by atoms with Crippen molar-refractivity contribution in [2.24, 2.45) is 11.3 Å². The van der Waals surface area contributed by atoms with E-state index in [1.807, 2.05) is 0 Å². The molecule has 0 aromatic heterocycles. The summed E-state index contributed by atoms with van der Waals surface area (Å²) in [5, 5.41) is 1.16. The van der Waals surface area contributed by atoms with Gasteiger partial charge in [-0.25, -0.2) is 0 Å². The maximum atomic E-state index is 5.76. The Hall–Kier alpha value is 0.400. The van der Waals surface area contributed by atoms with Crippen LogP contribution < -0.4 is 0 Å². The van der Waals surface area contributed by atoms with Crippen molar-refractivity contribution >= 4 is 15.9 Å². The highest BCUT2D eigenvalue weighted by molar-refractivity contribution is 9.09. The summed E-state index contributed by atoms with van der Waals surface area (Å²) >= 11 is 3.78. The van der Waals surface area contributed by atoms with Gasteiger partial charge in [-0.3, -0.25) is 0 Å². The van der Waals surface area contributed by atoms with Crippen molar-refractivity contribution in [3.05, 3.63) is 0 Å². The van der Waals surface area contributed by atoms with E-state index in [9.17, 15) is 0 Å². The fourth-order valence-corrected chi connectivity index (χ4v) is 3.96. The standard InChI is InChI=1S/C16H30BrNO/c1-18(10-11-19-12-15-6-7-15)14-16(13-17)8-4-2-3-5-9-16/h15H,2-14H2,1H3. The zero-order chi connectivity index (χ0) is 13.6. The molecule has 2 aliphatic rings. The molecule has 2 rings (SSSR count). The molecule has 0 heterocycles. The third kappa shape index (κ3) is 5.73. The molecule has 0 spiro atoms. The van der Waals surface area contributed by atoms with E-state index < -0.39 is 0 Å². The van der Waals surface area contributed by atoms with Crippen molar-refractivity contribution in [2.45, 2.75) is 51.4 Å². The van der Waals surface area contributed by atoms with Crippen molar-refractivity contribution in [2.75, 3.05) is 38.7 Å². The van der Waals surface area contributed by atoms with Gasteiger partial charge in [-0.05, 0) is 44.1 Å². The smallest absolute Gasteiger partial charge is 0.0593 e. The van der Waals surface area contributed by atoms with Crippen molar-refractivity contribution in [3.8, 4) is 0 Å². The summed E-state index contributed by atoms with van der Waals surface area (Å²) in [5.41, 5.74) is 0.516. The Morgan fingerprint density at radius 2 is 1.84 bits per heavy atom. The van der Waals surface area contributed by atoms with Crippen LogP contribution in [0.15, 0.2) is 0 Å². The molecule has 0 aromatic rings. The number of likely N-dealkylation sites (N-methyl/N-ethyl adjacent to an activating group) is 1. The van der Waals surface area contributed by atoms with Crippen LogP contribution in [-0.2, 0) is 4.74 Å². The maximum Gasteiger partial charge on any atom is 0.0593 e. The first-order valence-corrected chi connectivity index (χ1v) is 9.18. The lowest BCUT2D eigenvalue weighted by molar-refractivity contribution is 0.0873. The van der Waals surface area contributed by atoms with Crippen LogP contribution in [0.25, 0.3) is 0 Å². The SMILES string of the molecule is CN(CCOCC1CC1)CC1(CBr)CCCCCC1. The largest absolute Gasteiger partial charge is 0.380 e. The second-order valence-electron chi connectivity index (χ2n) is 6.80. The third-order valence-corrected chi connectivity index (χ3v) is 5.91. The van der Waals surface area contributed by atoms with Gasteiger partial charge in [0, 0.05) is 25.0 Å². The summed E-state index contributed by atoms with van der Waals surface area (Å²) in [5.74, 6) is 0.890. The van der Waals surface area contributed by atoms with Crippen LogP contribution in [0.5, 0.6) is 0 Å². The monoisotopic (exact) mass is 331 g/mol. The first kappa shape index (κ1) is 15.8. The van der Waals surface area contributed by atoms with Gasteiger partial charge in [0.2, 0.25) is 0 Å². The van der Waals surface area contributed by atoms with Crippen LogP contribution >= 0.6 is 15.9 Å². The van der Waals surface area contributed by atoms with Gasteiger partial charge in [0.15, 0.2) is 0 Å². The van der Waals surface area contributed by atoms with Gasteiger partial charge in [-0.2, -0.15) is 0 Å². The highest BCUT2D eigenvalue weighted by atomic mass is 79.9. The molecule has 0 radical (unpaired) electrons. The summed E-state index contributed by atoms with van der Waals surface area (Å²) in [6.45, 7) is 4.22. The number of hydrogen-bond donors (Lipinski definition) is 0. The number of hydrogen-bond acceptors (Lipinski definition) is 2. The summed E-state index contributed by atoms with van der Waals surface area (Å²) in [4.78, 5) is 2.49. The fraction of sp³-hybridized carbons (Fsp3) is 1.00. The Balaban J connectivity index is 1.66. The van der Waals surface area contributed by atoms with Gasteiger partial charge in [0.1, 0.15) is 0 Å². The molecule has 0 amide bonds. The highest BCUT2D eigenvalue weighted by Gasteiger charge is 2.31. The van der Waals surface area contributed by atoms with Gasteiger partial charge in [0.25, 0.3) is 0 Å². The molecule has 2 saturated carbocycles. The molecule has 0 bridgehead atoms. The number of nitrogens with zero attached hydrogens (tertiary/aromatic N) is 1. The van der Waals surface area contributed by atoms with Crippen LogP contribution in [0.2, 0.25) is 0 Å². The normalized spacial score (nSPS) is 23.5. The molecule has 3 heteroatoms. The first-order chi connectivity index (χ1) is 9.24. The average molecular weight is 332 g/mol. The first-order valence-electron chi connectivity index (χ1n) is 8.06. The minimum absolute atomic E-state index is 0.516. The van der Waals surface area contributed by atoms with Gasteiger partial charge < -0.3 is 9.64 Å². The van der Waals surface area contributed by atoms with Crippen molar-refractivity contribution in [1.82, 2.24) is 4.90 Å². The zero-order valence-electron chi connectivity index (χ0n) is 12.5. The van der Waals surface area contributed by atoms with Crippen LogP contribution in [0.3, 0.4) is 0 Å². The van der Waals surface area contributed by atoms with Gasteiger partial charge in [-0.1, -0.05) is 41.6 Å². The van der Waals surface area contributed by atoms with E-state index >= 15 is 0 Å². The molecule has 2 aliphatic carbocycles. The molecule has 112 valence electrons. The molecule has 0 unspecified atom stereocenters. The molecule has 0 aliphatic heterocycles. The summed E-state index contributed by atoms with van der Waals surface area (Å²) in [6, 6.07) is 0. The molecule has 0 saturated heterocycles. The molecule has 2 nitrogen and oxygen atoms in total. The van der Waals surface area contributed by atoms with Crippen LogP contribution in [0.4, 0.5) is 0 Å². The summed E-state index contributed by atoms with van der Waals surface area (Å²) in [7, 11) is 2.26. The quantitative estimate of drug-likeness (QED) is 0.377. The zero-order valence-corrected chi connectivity index (χ0v) is 14.1. The van der Waals surface area contributed by atoms with E-state index in [1.165, 1.54) is 57.9 Å². The Labute approximate surface area is 127 Å². The molecule has 2 fully saturated rings. The van der Waals surface area contributed by atoms with E-state index in [-0.39, 0.29) is 0 Å². The van der Waals surface area contributed by atoms with Crippen LogP contribution in [0, 0.1) is 11.3 Å². The Bertz CT molecular complexity index is 247. The predicted octanol–water partition coefficient (Wildman–Crippen LogP) is 4.08. The Kier molecular flexibility index (Phi) is 6.64. The molecule has 19 heavy (non-hydrogen) atoms. The second-order valence-corrected chi connectivity index (χ2v) is 7.36. The third-order valence-electron chi connectivity index (χ3n) is 4.72. The Morgan fingerprint density at radius 3 is 2.42 bits per heavy atom. The fourth-order valence-electron chi connectivity index (χ4n) is 3.22. The van der Waals surface area contributed by atoms with Gasteiger partial charge >= 0.3 is 0 Å². The predicted molar refractivity (Wildman–Crippen MR) is 85.0 cm³/mol. The van der Waals surface area contributed by atoms with Crippen molar-refractivity contribution in [3.63, 3.8) is 0 Å². The van der Waals surface area contributed by atoms with Crippen LogP contribution in [0.1, 0.15) is 51.4 Å². The lowest BCUT2D eigenvalue weighted by atomic mass is 9.82. The highest BCUT2D eigenvalue weighted by Crippen LogP contribution is 2.37. The van der Waals surface area contributed by atoms with Crippen molar-refractivity contribution < 1.29 is 4.74 Å². The molecular formula is C16H30BrNO. The molecular weight excluding hydrogens is 302 g/mol. The lowest BCUT2D eigenvalue weighted by Gasteiger charge is -2.35. The van der Waals surface area contributed by atoms with Gasteiger partial charge in [0.05, 0.1) is 6.61 Å². The number of rotatable bonds is 8. The summed E-state index contributed by atoms with van der Waals surface area (Å²) in [6.07, 6.45) is 11.3. The van der Waals surface area contributed by atoms with E-state index in [2.05, 4.69) is 27.9 Å². The number of ether oxygens (including phenoxy) is 1. The van der Waals surface area contributed by atoms with E-state index in [4.69, 9.17) is 4.74 Å². The van der Waals surface area contributed by atoms with Crippen LogP contribution in [-0.4, -0.2) is 43.6 Å². The number of alkyl halides is 1. The summed E-state index contributed by atoms with van der Waals surface area (Å²) < 4.78 is 5.76. The average Bonchev–Trinajstić information content (AvgIpc) is 3.22. The second kappa shape index (κ2) is 7.99. The van der Waals surface area contributed by atoms with E-state index in [1.54, 1.807) is 0 Å². The maximum absolute atomic E-state index is 5.76. The number of halogens is 1. The lowest BCUT2D eigenvalue weighted by Crippen LogP contribution is -2.38. The van der Waals surface area contributed by atoms with Crippen molar-refractivity contribution in [1.29, 1.82) is 0 Å². The molecule has 0 atom stereocenters. The Morgan fingerprint density at radius 1 is 1.16 bits per heavy atom.